The molecule has 0 atom stereocenters. The maximum absolute atomic E-state index is 14.0. The Hall–Kier alpha value is -2.50. The molecule has 102 valence electrons. The van der Waals surface area contributed by atoms with Gasteiger partial charge in [-0.25, -0.2) is 18.7 Å². The molecule has 0 bridgehead atoms. The first-order valence-corrected chi connectivity index (χ1v) is 6.23. The minimum atomic E-state index is -0.729. The van der Waals surface area contributed by atoms with Crippen molar-refractivity contribution in [2.75, 3.05) is 11.9 Å². The molecule has 20 heavy (non-hydrogen) atoms. The Labute approximate surface area is 114 Å². The zero-order valence-electron chi connectivity index (χ0n) is 10.8. The molecular formula is C14H12F2N4. The molecule has 0 saturated heterocycles. The van der Waals surface area contributed by atoms with E-state index in [2.05, 4.69) is 15.3 Å². The van der Waals surface area contributed by atoms with Crippen molar-refractivity contribution in [2.24, 2.45) is 0 Å². The number of para-hydroxylation sites is 2. The number of anilines is 1. The van der Waals surface area contributed by atoms with E-state index in [-0.39, 0.29) is 11.6 Å². The Balaban J connectivity index is 2.21. The molecule has 3 rings (SSSR count). The fourth-order valence-electron chi connectivity index (χ4n) is 2.05. The summed E-state index contributed by atoms with van der Waals surface area (Å²) in [5.41, 5.74) is 1.44. The normalized spacial score (nSPS) is 10.9. The van der Waals surface area contributed by atoms with Gasteiger partial charge in [0.15, 0.2) is 23.3 Å². The number of nitrogens with zero attached hydrogens (tertiary/aromatic N) is 3. The monoisotopic (exact) mass is 274 g/mol. The van der Waals surface area contributed by atoms with Crippen LogP contribution in [0.5, 0.6) is 0 Å². The number of hydrogen-bond acceptors (Lipinski definition) is 3. The van der Waals surface area contributed by atoms with Gasteiger partial charge in [-0.05, 0) is 19.1 Å². The smallest absolute Gasteiger partial charge is 0.177 e. The van der Waals surface area contributed by atoms with Crippen LogP contribution in [-0.4, -0.2) is 21.1 Å². The lowest BCUT2D eigenvalue weighted by Crippen LogP contribution is -2.08. The molecule has 0 amide bonds. The Morgan fingerprint density at radius 2 is 2.00 bits per heavy atom. The lowest BCUT2D eigenvalue weighted by Gasteiger charge is -2.09. The van der Waals surface area contributed by atoms with Gasteiger partial charge in [-0.2, -0.15) is 0 Å². The highest BCUT2D eigenvalue weighted by Crippen LogP contribution is 2.22. The number of benzene rings is 1. The molecule has 0 unspecified atom stereocenters. The molecule has 1 aromatic carbocycles. The van der Waals surface area contributed by atoms with Crippen LogP contribution in [-0.2, 0) is 0 Å². The van der Waals surface area contributed by atoms with Crippen LogP contribution in [0.3, 0.4) is 0 Å². The molecule has 1 N–H and O–H groups in total. The molecule has 2 heterocycles. The second kappa shape index (κ2) is 4.88. The van der Waals surface area contributed by atoms with Crippen molar-refractivity contribution >= 4 is 16.9 Å². The van der Waals surface area contributed by atoms with E-state index in [0.29, 0.717) is 12.1 Å². The van der Waals surface area contributed by atoms with E-state index in [0.717, 1.165) is 11.6 Å². The third kappa shape index (κ3) is 1.99. The third-order valence-electron chi connectivity index (χ3n) is 2.94. The summed E-state index contributed by atoms with van der Waals surface area (Å²) in [6, 6.07) is 8.12. The SMILES string of the molecule is CCNc1nc(-n2cnc3ccccc32)c(F)cc1F. The maximum Gasteiger partial charge on any atom is 0.177 e. The largest absolute Gasteiger partial charge is 0.368 e. The van der Waals surface area contributed by atoms with Crippen molar-refractivity contribution in [3.8, 4) is 5.82 Å². The molecule has 0 radical (unpaired) electrons. The van der Waals surface area contributed by atoms with Crippen LogP contribution in [0.25, 0.3) is 16.9 Å². The number of pyridine rings is 1. The van der Waals surface area contributed by atoms with Gasteiger partial charge in [0, 0.05) is 12.6 Å². The first-order valence-electron chi connectivity index (χ1n) is 6.23. The second-order valence-electron chi connectivity index (χ2n) is 4.26. The fraction of sp³-hybridized carbons (Fsp3) is 0.143. The van der Waals surface area contributed by atoms with Gasteiger partial charge in [0.2, 0.25) is 0 Å². The minimum Gasteiger partial charge on any atom is -0.368 e. The lowest BCUT2D eigenvalue weighted by molar-refractivity contribution is 0.569. The van der Waals surface area contributed by atoms with E-state index in [1.807, 2.05) is 25.1 Å². The van der Waals surface area contributed by atoms with Crippen molar-refractivity contribution in [1.82, 2.24) is 14.5 Å². The number of hydrogen-bond donors (Lipinski definition) is 1. The van der Waals surface area contributed by atoms with Gasteiger partial charge in [-0.15, -0.1) is 0 Å². The molecule has 0 aliphatic heterocycles. The average Bonchev–Trinajstić information content (AvgIpc) is 2.86. The summed E-state index contributed by atoms with van der Waals surface area (Å²) in [6.07, 6.45) is 1.48. The van der Waals surface area contributed by atoms with Crippen LogP contribution in [0.4, 0.5) is 14.6 Å². The number of halogens is 2. The van der Waals surface area contributed by atoms with Gasteiger partial charge in [-0.3, -0.25) is 4.57 Å². The van der Waals surface area contributed by atoms with Crippen LogP contribution in [0.15, 0.2) is 36.7 Å². The first-order chi connectivity index (χ1) is 9.70. The highest BCUT2D eigenvalue weighted by atomic mass is 19.1. The summed E-state index contributed by atoms with van der Waals surface area (Å²) < 4.78 is 29.1. The number of imidazole rings is 1. The lowest BCUT2D eigenvalue weighted by atomic mass is 10.3. The van der Waals surface area contributed by atoms with E-state index in [9.17, 15) is 8.78 Å². The average molecular weight is 274 g/mol. The number of nitrogens with one attached hydrogen (secondary N) is 1. The minimum absolute atomic E-state index is 0.0241. The van der Waals surface area contributed by atoms with E-state index in [4.69, 9.17) is 0 Å². The molecule has 2 aromatic heterocycles. The zero-order valence-corrected chi connectivity index (χ0v) is 10.8. The Kier molecular flexibility index (Phi) is 3.06. The quantitative estimate of drug-likeness (QED) is 0.798. The summed E-state index contributed by atoms with van der Waals surface area (Å²) in [5, 5.41) is 2.77. The van der Waals surface area contributed by atoms with E-state index >= 15 is 0 Å². The van der Waals surface area contributed by atoms with Gasteiger partial charge in [0.05, 0.1) is 11.0 Å². The molecule has 0 spiro atoms. The van der Waals surface area contributed by atoms with Gasteiger partial charge < -0.3 is 5.32 Å². The molecule has 0 fully saturated rings. The van der Waals surface area contributed by atoms with Crippen LogP contribution in [0.1, 0.15) is 6.92 Å². The highest BCUT2D eigenvalue weighted by molar-refractivity contribution is 5.76. The van der Waals surface area contributed by atoms with Crippen molar-refractivity contribution in [2.45, 2.75) is 6.92 Å². The van der Waals surface area contributed by atoms with Gasteiger partial charge in [0.1, 0.15) is 6.33 Å². The molecule has 4 nitrogen and oxygen atoms in total. The fourth-order valence-corrected chi connectivity index (χ4v) is 2.05. The maximum atomic E-state index is 14.0. The summed E-state index contributed by atoms with van der Waals surface area (Å²) in [5.74, 6) is -1.39. The van der Waals surface area contributed by atoms with Gasteiger partial charge in [0.25, 0.3) is 0 Å². The molecule has 3 aromatic rings. The third-order valence-corrected chi connectivity index (χ3v) is 2.94. The Bertz CT molecular complexity index is 767. The van der Waals surface area contributed by atoms with E-state index < -0.39 is 11.6 Å². The number of aromatic nitrogens is 3. The summed E-state index contributed by atoms with van der Waals surface area (Å²) in [6.45, 7) is 2.32. The second-order valence-corrected chi connectivity index (χ2v) is 4.26. The van der Waals surface area contributed by atoms with Crippen LogP contribution in [0.2, 0.25) is 0 Å². The number of rotatable bonds is 3. The zero-order chi connectivity index (χ0) is 14.1. The predicted octanol–water partition coefficient (Wildman–Crippen LogP) is 3.13. The van der Waals surface area contributed by atoms with Gasteiger partial charge in [-0.1, -0.05) is 12.1 Å². The topological polar surface area (TPSA) is 42.7 Å². The Morgan fingerprint density at radius 3 is 2.80 bits per heavy atom. The van der Waals surface area contributed by atoms with E-state index in [1.54, 1.807) is 6.07 Å². The van der Waals surface area contributed by atoms with Gasteiger partial charge >= 0.3 is 0 Å². The molecule has 0 aliphatic rings. The van der Waals surface area contributed by atoms with Crippen LogP contribution >= 0.6 is 0 Å². The summed E-state index contributed by atoms with van der Waals surface area (Å²) in [7, 11) is 0. The summed E-state index contributed by atoms with van der Waals surface area (Å²) in [4.78, 5) is 8.19. The molecule has 6 heteroatoms. The van der Waals surface area contributed by atoms with Crippen molar-refractivity contribution in [3.05, 3.63) is 48.3 Å². The first kappa shape index (κ1) is 12.5. The molecular weight excluding hydrogens is 262 g/mol. The number of fused-ring (bicyclic) bond motifs is 1. The van der Waals surface area contributed by atoms with E-state index in [1.165, 1.54) is 10.9 Å². The predicted molar refractivity (Wildman–Crippen MR) is 72.9 cm³/mol. The van der Waals surface area contributed by atoms with Crippen LogP contribution in [0, 0.1) is 11.6 Å². The standard InChI is InChI=1S/C14H12F2N4/c1-2-17-13-9(15)7-10(16)14(19-13)20-8-18-11-5-3-4-6-12(11)20/h3-8H,2H2,1H3,(H,17,19). The summed E-state index contributed by atoms with van der Waals surface area (Å²) >= 11 is 0. The molecule has 0 saturated carbocycles. The van der Waals surface area contributed by atoms with Crippen LogP contribution < -0.4 is 5.32 Å². The highest BCUT2D eigenvalue weighted by Gasteiger charge is 2.15. The Morgan fingerprint density at radius 1 is 1.20 bits per heavy atom. The van der Waals surface area contributed by atoms with Crippen molar-refractivity contribution in [1.29, 1.82) is 0 Å². The molecule has 0 aliphatic carbocycles. The van der Waals surface area contributed by atoms with Crippen molar-refractivity contribution in [3.63, 3.8) is 0 Å². The van der Waals surface area contributed by atoms with Crippen molar-refractivity contribution < 1.29 is 8.78 Å².